The summed E-state index contributed by atoms with van der Waals surface area (Å²) in [7, 11) is 0. The van der Waals surface area contributed by atoms with E-state index >= 15 is 0 Å². The van der Waals surface area contributed by atoms with E-state index in [2.05, 4.69) is 59.5 Å². The van der Waals surface area contributed by atoms with Crippen molar-refractivity contribution in [1.82, 2.24) is 14.7 Å². The predicted octanol–water partition coefficient (Wildman–Crippen LogP) is 2.42. The maximum absolute atomic E-state index is 11.0. The molecular formula is C28H33N3O8. The fourth-order valence-corrected chi connectivity index (χ4v) is 4.37. The Kier molecular flexibility index (Phi) is 9.57. The van der Waals surface area contributed by atoms with Crippen LogP contribution < -0.4 is 0 Å². The maximum atomic E-state index is 11.0. The zero-order valence-electron chi connectivity index (χ0n) is 21.6. The lowest BCUT2D eigenvalue weighted by Crippen LogP contribution is -2.42. The van der Waals surface area contributed by atoms with Crippen molar-refractivity contribution in [2.24, 2.45) is 0 Å². The zero-order valence-corrected chi connectivity index (χ0v) is 21.6. The van der Waals surface area contributed by atoms with E-state index in [4.69, 9.17) is 20.4 Å². The number of hydrogen-bond donors (Lipinski definition) is 5. The largest absolute Gasteiger partial charge is 0.481 e. The monoisotopic (exact) mass is 539 g/mol. The van der Waals surface area contributed by atoms with Gasteiger partial charge in [-0.15, -0.1) is 0 Å². The molecule has 5 N–H and O–H groups in total. The third-order valence-electron chi connectivity index (χ3n) is 6.62. The van der Waals surface area contributed by atoms with E-state index in [1.165, 1.54) is 11.1 Å². The Hall–Kier alpha value is -4.06. The zero-order chi connectivity index (χ0) is 28.6. The Morgan fingerprint density at radius 2 is 1.49 bits per heavy atom. The molecule has 1 aliphatic rings. The number of nitrogens with zero attached hydrogens (tertiary/aromatic N) is 3. The molecule has 0 bridgehead atoms. The predicted molar refractivity (Wildman–Crippen MR) is 140 cm³/mol. The first kappa shape index (κ1) is 29.5. The van der Waals surface area contributed by atoms with Gasteiger partial charge in [0.2, 0.25) is 0 Å². The quantitative estimate of drug-likeness (QED) is 0.272. The fraction of sp³-hybridized carbons (Fsp3) is 0.357. The molecule has 1 saturated heterocycles. The first-order valence-electron chi connectivity index (χ1n) is 12.4. The molecule has 0 unspecified atom stereocenters. The number of carbonyl (C=O) groups is 3. The first-order valence-corrected chi connectivity index (χ1v) is 12.4. The van der Waals surface area contributed by atoms with Gasteiger partial charge in [0.1, 0.15) is 0 Å². The molecule has 11 nitrogen and oxygen atoms in total. The van der Waals surface area contributed by atoms with Crippen LogP contribution in [0.25, 0.3) is 5.69 Å². The van der Waals surface area contributed by atoms with Gasteiger partial charge >= 0.3 is 17.9 Å². The second-order valence-corrected chi connectivity index (χ2v) is 9.78. The Morgan fingerprint density at radius 3 is 2.00 bits per heavy atom. The number of para-hydroxylation sites is 1. The molecule has 1 aliphatic heterocycles. The molecular weight excluding hydrogens is 506 g/mol. The number of rotatable bonds is 9. The highest BCUT2D eigenvalue weighted by Crippen LogP contribution is 2.33. The minimum atomic E-state index is -2.74. The molecule has 208 valence electrons. The standard InChI is InChI=1S/C22H25N3O.C6H8O7/c1-18-7-9-20(10-8-18)22(26)11-13-24(14-12-22)16-19-15-23-25(17-19)21-5-3-2-4-6-21;7-3(8)1-6(13,5(11)12)2-4(9)10/h2-10,15,17,26H,11-14,16H2,1H3;13H,1-2H2,(H,7,8)(H,9,10)(H,11,12). The van der Waals surface area contributed by atoms with Crippen molar-refractivity contribution in [3.63, 3.8) is 0 Å². The van der Waals surface area contributed by atoms with Gasteiger partial charge in [0.05, 0.1) is 30.3 Å². The van der Waals surface area contributed by atoms with Crippen LogP contribution in [0.15, 0.2) is 67.0 Å². The smallest absolute Gasteiger partial charge is 0.336 e. The van der Waals surface area contributed by atoms with Crippen LogP contribution in [0.2, 0.25) is 0 Å². The highest BCUT2D eigenvalue weighted by atomic mass is 16.4. The van der Waals surface area contributed by atoms with Crippen molar-refractivity contribution < 1.29 is 39.9 Å². The van der Waals surface area contributed by atoms with Crippen LogP contribution in [0.1, 0.15) is 42.4 Å². The van der Waals surface area contributed by atoms with Crippen LogP contribution in [0.5, 0.6) is 0 Å². The molecule has 4 rings (SSSR count). The summed E-state index contributed by atoms with van der Waals surface area (Å²) in [6.45, 7) is 4.73. The minimum absolute atomic E-state index is 0.696. The molecule has 0 amide bonds. The van der Waals surface area contributed by atoms with E-state index in [0.29, 0.717) is 0 Å². The molecule has 2 heterocycles. The number of likely N-dealkylation sites (tertiary alicyclic amines) is 1. The molecule has 1 aromatic heterocycles. The van der Waals surface area contributed by atoms with E-state index in [1.54, 1.807) is 0 Å². The van der Waals surface area contributed by atoms with E-state index in [9.17, 15) is 19.5 Å². The number of aromatic nitrogens is 2. The summed E-state index contributed by atoms with van der Waals surface area (Å²) in [4.78, 5) is 32.9. The van der Waals surface area contributed by atoms with Crippen molar-refractivity contribution in [3.8, 4) is 5.69 Å². The van der Waals surface area contributed by atoms with E-state index in [-0.39, 0.29) is 0 Å². The van der Waals surface area contributed by atoms with Crippen LogP contribution in [0.4, 0.5) is 0 Å². The molecule has 0 spiro atoms. The second-order valence-electron chi connectivity index (χ2n) is 9.78. The van der Waals surface area contributed by atoms with Gasteiger partial charge in [0.25, 0.3) is 0 Å². The van der Waals surface area contributed by atoms with Crippen LogP contribution in [-0.4, -0.2) is 76.8 Å². The van der Waals surface area contributed by atoms with Crippen LogP contribution in [0, 0.1) is 6.92 Å². The number of carboxylic acid groups (broad SMARTS) is 3. The summed E-state index contributed by atoms with van der Waals surface area (Å²) in [5.41, 5.74) is 1.11. The van der Waals surface area contributed by atoms with Crippen LogP contribution in [-0.2, 0) is 26.5 Å². The molecule has 11 heteroatoms. The molecule has 0 atom stereocenters. The molecule has 0 saturated carbocycles. The number of hydrogen-bond acceptors (Lipinski definition) is 7. The average Bonchev–Trinajstić information content (AvgIpc) is 3.34. The van der Waals surface area contributed by atoms with Crippen molar-refractivity contribution >= 4 is 17.9 Å². The Labute approximate surface area is 225 Å². The molecule has 2 aromatic carbocycles. The lowest BCUT2D eigenvalue weighted by molar-refractivity contribution is -0.170. The maximum Gasteiger partial charge on any atom is 0.336 e. The van der Waals surface area contributed by atoms with Gasteiger partial charge in [-0.05, 0) is 37.5 Å². The van der Waals surface area contributed by atoms with Gasteiger partial charge in [-0.1, -0.05) is 48.0 Å². The molecule has 39 heavy (non-hydrogen) atoms. The second kappa shape index (κ2) is 12.7. The summed E-state index contributed by atoms with van der Waals surface area (Å²) in [5.74, 6) is -5.02. The average molecular weight is 540 g/mol. The van der Waals surface area contributed by atoms with Crippen LogP contribution in [0.3, 0.4) is 0 Å². The first-order chi connectivity index (χ1) is 18.4. The van der Waals surface area contributed by atoms with Gasteiger partial charge < -0.3 is 25.5 Å². The number of aryl methyl sites for hydroxylation is 1. The Balaban J connectivity index is 0.000000276. The van der Waals surface area contributed by atoms with Crippen molar-refractivity contribution in [3.05, 3.63) is 83.7 Å². The van der Waals surface area contributed by atoms with Gasteiger partial charge in [0.15, 0.2) is 5.60 Å². The van der Waals surface area contributed by atoms with E-state index in [0.717, 1.165) is 43.7 Å². The van der Waals surface area contributed by atoms with Gasteiger partial charge in [-0.25, -0.2) is 9.48 Å². The molecule has 0 aliphatic carbocycles. The Morgan fingerprint density at radius 1 is 0.923 bits per heavy atom. The number of aliphatic carboxylic acids is 3. The highest BCUT2D eigenvalue weighted by Gasteiger charge is 2.40. The summed E-state index contributed by atoms with van der Waals surface area (Å²) in [5, 5.41) is 49.3. The summed E-state index contributed by atoms with van der Waals surface area (Å²) in [6.07, 6.45) is 3.28. The normalized spacial score (nSPS) is 15.2. The van der Waals surface area contributed by atoms with Crippen molar-refractivity contribution in [2.75, 3.05) is 13.1 Å². The Bertz CT molecular complexity index is 1250. The highest BCUT2D eigenvalue weighted by molar-refractivity contribution is 5.88. The van der Waals surface area contributed by atoms with Gasteiger partial charge in [-0.2, -0.15) is 5.10 Å². The van der Waals surface area contributed by atoms with E-state index in [1.807, 2.05) is 29.1 Å². The molecule has 3 aromatic rings. The fourth-order valence-electron chi connectivity index (χ4n) is 4.37. The summed E-state index contributed by atoms with van der Waals surface area (Å²) >= 11 is 0. The van der Waals surface area contributed by atoms with Gasteiger partial charge in [0, 0.05) is 31.4 Å². The van der Waals surface area contributed by atoms with E-state index < -0.39 is 42.0 Å². The number of piperidine rings is 1. The van der Waals surface area contributed by atoms with Crippen molar-refractivity contribution in [2.45, 2.75) is 50.4 Å². The number of carboxylic acids is 3. The van der Waals surface area contributed by atoms with Crippen LogP contribution >= 0.6 is 0 Å². The third-order valence-corrected chi connectivity index (χ3v) is 6.62. The van der Waals surface area contributed by atoms with Crippen molar-refractivity contribution in [1.29, 1.82) is 0 Å². The molecule has 0 radical (unpaired) electrons. The topological polar surface area (TPSA) is 173 Å². The third kappa shape index (κ3) is 8.21. The lowest BCUT2D eigenvalue weighted by Gasteiger charge is -2.38. The minimum Gasteiger partial charge on any atom is -0.481 e. The van der Waals surface area contributed by atoms with Gasteiger partial charge in [-0.3, -0.25) is 14.5 Å². The number of aliphatic hydroxyl groups is 2. The SMILES string of the molecule is Cc1ccc(C2(O)CCN(Cc3cnn(-c4ccccc4)c3)CC2)cc1.O=C(O)CC(O)(CC(=O)O)C(=O)O. The lowest BCUT2D eigenvalue weighted by atomic mass is 9.84. The molecule has 1 fully saturated rings. The summed E-state index contributed by atoms with van der Waals surface area (Å²) in [6, 6.07) is 18.5. The summed E-state index contributed by atoms with van der Waals surface area (Å²) < 4.78 is 1.92. The number of benzene rings is 2.